The number of hydrogen-bond acceptors (Lipinski definition) is 6. The predicted molar refractivity (Wildman–Crippen MR) is 100 cm³/mol. The van der Waals surface area contributed by atoms with E-state index in [1.807, 2.05) is 19.9 Å². The number of nitrogens with zero attached hydrogens (tertiary/aromatic N) is 4. The molecular weight excluding hydrogens is 349 g/mol. The van der Waals surface area contributed by atoms with Gasteiger partial charge in [-0.15, -0.1) is 0 Å². The first-order valence-corrected chi connectivity index (χ1v) is 8.22. The van der Waals surface area contributed by atoms with Gasteiger partial charge in [0, 0.05) is 24.5 Å². The molecule has 0 saturated heterocycles. The number of ether oxygens (including phenoxy) is 1. The Labute approximate surface area is 155 Å². The van der Waals surface area contributed by atoms with Crippen LogP contribution in [0.2, 0.25) is 0 Å². The first kappa shape index (κ1) is 18.1. The van der Waals surface area contributed by atoms with Gasteiger partial charge in [-0.25, -0.2) is 14.2 Å². The molecule has 0 amide bonds. The van der Waals surface area contributed by atoms with Crippen molar-refractivity contribution in [3.63, 3.8) is 0 Å². The van der Waals surface area contributed by atoms with Crippen LogP contribution in [-0.4, -0.2) is 33.3 Å². The topological polar surface area (TPSA) is 92.1 Å². The molecule has 0 spiro atoms. The molecule has 8 nitrogen and oxygen atoms in total. The predicted octanol–water partition coefficient (Wildman–Crippen LogP) is 3.74. The maximum atomic E-state index is 14.2. The van der Waals surface area contributed by atoms with Crippen LogP contribution < -0.4 is 15.4 Å². The van der Waals surface area contributed by atoms with Crippen LogP contribution in [0.15, 0.2) is 30.5 Å². The van der Waals surface area contributed by atoms with Gasteiger partial charge in [-0.2, -0.15) is 5.10 Å². The van der Waals surface area contributed by atoms with Gasteiger partial charge < -0.3 is 15.4 Å². The molecule has 3 aromatic heterocycles. The van der Waals surface area contributed by atoms with E-state index >= 15 is 0 Å². The van der Waals surface area contributed by atoms with Crippen molar-refractivity contribution in [2.24, 2.45) is 0 Å². The van der Waals surface area contributed by atoms with Crippen molar-refractivity contribution in [2.75, 3.05) is 23.8 Å². The van der Waals surface area contributed by atoms with Gasteiger partial charge >= 0.3 is 0 Å². The number of halogens is 1. The third-order valence-corrected chi connectivity index (χ3v) is 3.64. The number of aromatic nitrogens is 4. The molecule has 9 heteroatoms. The number of hydrogen-bond donors (Lipinski definition) is 3. The number of aromatic amines is 1. The van der Waals surface area contributed by atoms with Crippen LogP contribution in [0.4, 0.5) is 27.5 Å². The van der Waals surface area contributed by atoms with E-state index < -0.39 is 5.82 Å². The molecule has 0 atom stereocenters. The van der Waals surface area contributed by atoms with Crippen molar-refractivity contribution in [1.82, 2.24) is 20.2 Å². The van der Waals surface area contributed by atoms with Crippen molar-refractivity contribution < 1.29 is 9.13 Å². The summed E-state index contributed by atoms with van der Waals surface area (Å²) in [7, 11) is 0. The average Bonchev–Trinajstić information content (AvgIpc) is 3.07. The molecule has 3 aromatic rings. The van der Waals surface area contributed by atoms with Gasteiger partial charge in [0.1, 0.15) is 18.2 Å². The Kier molecular flexibility index (Phi) is 5.47. The zero-order chi connectivity index (χ0) is 19.2. The fourth-order valence-corrected chi connectivity index (χ4v) is 2.34. The molecule has 3 rings (SSSR count). The van der Waals surface area contributed by atoms with Gasteiger partial charge in [-0.1, -0.05) is 0 Å². The second-order valence-electron chi connectivity index (χ2n) is 5.72. The van der Waals surface area contributed by atoms with Gasteiger partial charge in [0.25, 0.3) is 0 Å². The highest BCUT2D eigenvalue weighted by Crippen LogP contribution is 2.28. The summed E-state index contributed by atoms with van der Waals surface area (Å²) in [6.07, 6.45) is 1.69. The molecule has 0 radical (unpaired) electrons. The number of rotatable bonds is 7. The molecule has 0 bridgehead atoms. The largest absolute Gasteiger partial charge is 0.490 e. The van der Waals surface area contributed by atoms with Crippen molar-refractivity contribution in [1.29, 1.82) is 0 Å². The Morgan fingerprint density at radius 2 is 2.15 bits per heavy atom. The second kappa shape index (κ2) is 8.14. The lowest BCUT2D eigenvalue weighted by atomic mass is 10.3. The van der Waals surface area contributed by atoms with Crippen molar-refractivity contribution in [3.8, 4) is 5.75 Å². The first-order valence-electron chi connectivity index (χ1n) is 8.22. The highest BCUT2D eigenvalue weighted by Gasteiger charge is 2.13. The van der Waals surface area contributed by atoms with Crippen LogP contribution in [0, 0.1) is 26.2 Å². The molecule has 138 valence electrons. The molecule has 3 N–H and O–H groups in total. The number of nitrogens with one attached hydrogen (secondary N) is 3. The van der Waals surface area contributed by atoms with Crippen LogP contribution in [0.1, 0.15) is 11.4 Å². The molecule has 27 heavy (non-hydrogen) atoms. The molecule has 0 saturated carbocycles. The minimum absolute atomic E-state index is 0.0135. The average molecular weight is 367 g/mol. The lowest BCUT2D eigenvalue weighted by molar-refractivity contribution is 0.329. The Morgan fingerprint density at radius 1 is 1.30 bits per heavy atom. The monoisotopic (exact) mass is 367 g/mol. The first-order chi connectivity index (χ1) is 13.1. The molecule has 0 aliphatic heterocycles. The molecule has 0 unspecified atom stereocenters. The summed E-state index contributed by atoms with van der Waals surface area (Å²) in [6, 6.07) is 6.48. The zero-order valence-corrected chi connectivity index (χ0v) is 14.9. The van der Waals surface area contributed by atoms with E-state index in [4.69, 9.17) is 11.3 Å². The summed E-state index contributed by atoms with van der Waals surface area (Å²) in [5, 5.41) is 12.6. The van der Waals surface area contributed by atoms with Gasteiger partial charge in [0.2, 0.25) is 5.69 Å². The summed E-state index contributed by atoms with van der Waals surface area (Å²) >= 11 is 0. The van der Waals surface area contributed by atoms with Crippen LogP contribution in [-0.2, 0) is 0 Å². The Bertz CT molecular complexity index is 980. The van der Waals surface area contributed by atoms with Gasteiger partial charge in [0.05, 0.1) is 12.3 Å². The number of aryl methyl sites for hydroxylation is 2. The highest BCUT2D eigenvalue weighted by atomic mass is 19.1. The maximum Gasteiger partial charge on any atom is 0.231 e. The van der Waals surface area contributed by atoms with E-state index in [0.29, 0.717) is 24.7 Å². The van der Waals surface area contributed by atoms with Crippen molar-refractivity contribution in [2.45, 2.75) is 13.8 Å². The number of pyridine rings is 2. The van der Waals surface area contributed by atoms with E-state index in [0.717, 1.165) is 17.5 Å². The third kappa shape index (κ3) is 4.49. The van der Waals surface area contributed by atoms with Gasteiger partial charge in [0.15, 0.2) is 17.5 Å². The molecule has 0 fully saturated rings. The summed E-state index contributed by atoms with van der Waals surface area (Å²) in [5.74, 6) is 0.756. The molecule has 0 aliphatic carbocycles. The van der Waals surface area contributed by atoms with E-state index in [1.54, 1.807) is 18.3 Å². The van der Waals surface area contributed by atoms with Crippen molar-refractivity contribution >= 4 is 23.1 Å². The molecule has 0 aromatic carbocycles. The van der Waals surface area contributed by atoms with Crippen LogP contribution in [0.3, 0.4) is 0 Å². The zero-order valence-electron chi connectivity index (χ0n) is 14.9. The molecular formula is C18H18FN7O. The maximum absolute atomic E-state index is 14.2. The lowest BCUT2D eigenvalue weighted by Crippen LogP contribution is -2.13. The standard InChI is InChI=1S/C18H18FN7O/c1-11-9-16(26-25-11)23-17-13(19)10-14(20-3)18(24-17)22-7-8-27-15-5-4-6-21-12(15)2/h4-6,9-10H,7-8H2,1-2H3,(H3,22,23,24,25,26). The van der Waals surface area contributed by atoms with Gasteiger partial charge in [-0.05, 0) is 32.0 Å². The van der Waals surface area contributed by atoms with E-state index in [2.05, 4.69) is 35.6 Å². The summed E-state index contributed by atoms with van der Waals surface area (Å²) in [4.78, 5) is 11.6. The minimum atomic E-state index is -0.630. The van der Waals surface area contributed by atoms with Crippen LogP contribution >= 0.6 is 0 Å². The second-order valence-corrected chi connectivity index (χ2v) is 5.72. The summed E-state index contributed by atoms with van der Waals surface area (Å²) < 4.78 is 19.8. The van der Waals surface area contributed by atoms with E-state index in [9.17, 15) is 4.39 Å². The Balaban J connectivity index is 1.67. The normalized spacial score (nSPS) is 10.3. The van der Waals surface area contributed by atoms with Crippen molar-refractivity contribution in [3.05, 3.63) is 59.1 Å². The number of anilines is 3. The summed E-state index contributed by atoms with van der Waals surface area (Å²) in [5.41, 5.74) is 1.71. The molecule has 0 aliphatic rings. The van der Waals surface area contributed by atoms with Gasteiger partial charge in [-0.3, -0.25) is 10.1 Å². The van der Waals surface area contributed by atoms with E-state index in [-0.39, 0.29) is 17.3 Å². The lowest BCUT2D eigenvalue weighted by Gasteiger charge is -2.12. The SMILES string of the molecule is [C-]#[N+]c1cc(F)c(Nc2cc(C)[nH]n2)nc1NCCOc1cccnc1C. The van der Waals surface area contributed by atoms with Crippen LogP contribution in [0.5, 0.6) is 5.75 Å². The fourth-order valence-electron chi connectivity index (χ4n) is 2.34. The highest BCUT2D eigenvalue weighted by molar-refractivity contribution is 5.69. The quantitative estimate of drug-likeness (QED) is 0.435. The number of H-pyrrole nitrogens is 1. The Hall–Kier alpha value is -3.67. The van der Waals surface area contributed by atoms with Crippen LogP contribution in [0.25, 0.3) is 4.85 Å². The Morgan fingerprint density at radius 3 is 2.85 bits per heavy atom. The third-order valence-electron chi connectivity index (χ3n) is 3.64. The van der Waals surface area contributed by atoms with E-state index in [1.165, 1.54) is 0 Å². The molecule has 3 heterocycles. The minimum Gasteiger partial charge on any atom is -0.490 e. The fraction of sp³-hybridized carbons (Fsp3) is 0.222. The smallest absolute Gasteiger partial charge is 0.231 e. The summed E-state index contributed by atoms with van der Waals surface area (Å²) in [6.45, 7) is 11.6.